The maximum Gasteiger partial charge on any atom is 0.243 e. The second-order valence-electron chi connectivity index (χ2n) is 9.65. The molecule has 2 aromatic carbocycles. The number of methoxy groups -OCH3 is 1. The zero-order valence-electron chi connectivity index (χ0n) is 21.1. The molecular formula is C27H34ClN3O5S. The zero-order valence-corrected chi connectivity index (χ0v) is 22.7. The van der Waals surface area contributed by atoms with Gasteiger partial charge < -0.3 is 15.0 Å². The smallest absolute Gasteiger partial charge is 0.243 e. The minimum absolute atomic E-state index is 0.0312. The summed E-state index contributed by atoms with van der Waals surface area (Å²) in [6.45, 7) is 1.33. The Morgan fingerprint density at radius 3 is 2.32 bits per heavy atom. The van der Waals surface area contributed by atoms with E-state index in [0.29, 0.717) is 30.7 Å². The van der Waals surface area contributed by atoms with E-state index < -0.39 is 15.9 Å². The number of benzene rings is 2. The number of hydrogen-bond donors (Lipinski definition) is 1. The maximum absolute atomic E-state index is 13.6. The van der Waals surface area contributed by atoms with Gasteiger partial charge in [-0.15, -0.1) is 0 Å². The highest BCUT2D eigenvalue weighted by molar-refractivity contribution is 7.89. The number of carbonyl (C=O) groups is 2. The molecule has 1 saturated carbocycles. The van der Waals surface area contributed by atoms with Crippen molar-refractivity contribution in [3.63, 3.8) is 0 Å². The summed E-state index contributed by atoms with van der Waals surface area (Å²) in [5, 5.41) is 3.01. The molecule has 1 aliphatic heterocycles. The van der Waals surface area contributed by atoms with Crippen molar-refractivity contribution in [2.24, 2.45) is 0 Å². The van der Waals surface area contributed by atoms with Crippen molar-refractivity contribution in [2.75, 3.05) is 32.1 Å². The normalized spacial score (nSPS) is 16.7. The van der Waals surface area contributed by atoms with E-state index >= 15 is 0 Å². The number of halogens is 1. The van der Waals surface area contributed by atoms with Crippen LogP contribution in [0.5, 0.6) is 5.75 Å². The number of anilines is 1. The third kappa shape index (κ3) is 6.83. The van der Waals surface area contributed by atoms with E-state index in [-0.39, 0.29) is 28.4 Å². The summed E-state index contributed by atoms with van der Waals surface area (Å²) in [4.78, 5) is 27.3. The number of carbonyl (C=O) groups excluding carboxylic acids is 2. The van der Waals surface area contributed by atoms with Gasteiger partial charge in [0.2, 0.25) is 21.8 Å². The lowest BCUT2D eigenvalue weighted by Gasteiger charge is -2.33. The Balaban J connectivity index is 1.45. The monoisotopic (exact) mass is 547 g/mol. The summed E-state index contributed by atoms with van der Waals surface area (Å²) in [6.07, 6.45) is 6.72. The van der Waals surface area contributed by atoms with Gasteiger partial charge in [-0.3, -0.25) is 9.59 Å². The quantitative estimate of drug-likeness (QED) is 0.499. The molecule has 1 heterocycles. The number of rotatable bonds is 9. The van der Waals surface area contributed by atoms with Crippen LogP contribution in [0.2, 0.25) is 5.02 Å². The number of nitrogens with zero attached hydrogens (tertiary/aromatic N) is 2. The molecule has 10 heteroatoms. The summed E-state index contributed by atoms with van der Waals surface area (Å²) in [5.41, 5.74) is 1.42. The van der Waals surface area contributed by atoms with Gasteiger partial charge in [-0.1, -0.05) is 43.0 Å². The van der Waals surface area contributed by atoms with Crippen LogP contribution in [0.3, 0.4) is 0 Å². The summed E-state index contributed by atoms with van der Waals surface area (Å²) in [7, 11) is -2.51. The lowest BCUT2D eigenvalue weighted by atomic mass is 9.95. The molecule has 2 amide bonds. The van der Waals surface area contributed by atoms with Crippen LogP contribution in [-0.2, 0) is 26.0 Å². The number of sulfonamides is 1. The van der Waals surface area contributed by atoms with Crippen molar-refractivity contribution in [1.29, 1.82) is 0 Å². The molecule has 2 fully saturated rings. The number of amides is 2. The fourth-order valence-electron chi connectivity index (χ4n) is 5.02. The van der Waals surface area contributed by atoms with Crippen LogP contribution in [0.25, 0.3) is 0 Å². The first-order valence-electron chi connectivity index (χ1n) is 12.8. The van der Waals surface area contributed by atoms with Crippen molar-refractivity contribution in [3.8, 4) is 5.75 Å². The minimum Gasteiger partial charge on any atom is -0.495 e. The Morgan fingerprint density at radius 2 is 1.70 bits per heavy atom. The molecule has 4 rings (SSSR count). The van der Waals surface area contributed by atoms with Gasteiger partial charge in [0.1, 0.15) is 5.75 Å². The Bertz CT molecular complexity index is 1210. The molecule has 0 unspecified atom stereocenters. The third-order valence-electron chi connectivity index (χ3n) is 7.06. The second kappa shape index (κ2) is 12.3. The molecule has 0 aromatic heterocycles. The first kappa shape index (κ1) is 27.4. The fourth-order valence-corrected chi connectivity index (χ4v) is 7.01. The van der Waals surface area contributed by atoms with Gasteiger partial charge in [0, 0.05) is 24.8 Å². The lowest BCUT2D eigenvalue weighted by Crippen LogP contribution is -2.45. The Hall–Kier alpha value is -2.62. The predicted octanol–water partition coefficient (Wildman–Crippen LogP) is 4.48. The van der Waals surface area contributed by atoms with E-state index in [0.717, 1.165) is 50.8 Å². The highest BCUT2D eigenvalue weighted by atomic mass is 35.5. The van der Waals surface area contributed by atoms with E-state index in [9.17, 15) is 18.0 Å². The third-order valence-corrected chi connectivity index (χ3v) is 9.25. The largest absolute Gasteiger partial charge is 0.495 e. The van der Waals surface area contributed by atoms with Crippen LogP contribution >= 0.6 is 11.6 Å². The molecule has 1 N–H and O–H groups in total. The van der Waals surface area contributed by atoms with E-state index in [1.54, 1.807) is 12.1 Å². The zero-order chi connectivity index (χ0) is 26.4. The van der Waals surface area contributed by atoms with Crippen LogP contribution in [0.4, 0.5) is 5.69 Å². The van der Waals surface area contributed by atoms with E-state index in [2.05, 4.69) is 5.32 Å². The Kier molecular flexibility index (Phi) is 9.10. The Morgan fingerprint density at radius 1 is 1.03 bits per heavy atom. The van der Waals surface area contributed by atoms with Crippen LogP contribution in [-0.4, -0.2) is 62.2 Å². The van der Waals surface area contributed by atoms with Crippen LogP contribution < -0.4 is 10.1 Å². The van der Waals surface area contributed by atoms with Crippen molar-refractivity contribution < 1.29 is 22.7 Å². The molecular weight excluding hydrogens is 514 g/mol. The number of nitrogens with one attached hydrogen (secondary N) is 1. The molecule has 37 heavy (non-hydrogen) atoms. The second-order valence-corrected chi connectivity index (χ2v) is 11.9. The molecule has 200 valence electrons. The average molecular weight is 548 g/mol. The van der Waals surface area contributed by atoms with E-state index in [1.165, 1.54) is 29.6 Å². The SMILES string of the molecule is COc1ccc(S(=O)(=O)N(CC(=O)Nc2ccc(CC(=O)N3CCCC3)cc2)C2CCCCC2)cc1Cl. The molecule has 8 nitrogen and oxygen atoms in total. The van der Waals surface area contributed by atoms with Gasteiger partial charge >= 0.3 is 0 Å². The molecule has 0 atom stereocenters. The van der Waals surface area contributed by atoms with Gasteiger partial charge in [-0.2, -0.15) is 4.31 Å². The molecule has 0 bridgehead atoms. The summed E-state index contributed by atoms with van der Waals surface area (Å²) in [6, 6.07) is 11.2. The molecule has 1 aliphatic carbocycles. The van der Waals surface area contributed by atoms with Crippen LogP contribution in [0.15, 0.2) is 47.4 Å². The van der Waals surface area contributed by atoms with Crippen molar-refractivity contribution >= 4 is 39.1 Å². The van der Waals surface area contributed by atoms with Gasteiger partial charge in [-0.25, -0.2) is 8.42 Å². The summed E-state index contributed by atoms with van der Waals surface area (Å²) in [5.74, 6) is 0.0732. The number of likely N-dealkylation sites (tertiary alicyclic amines) is 1. The summed E-state index contributed by atoms with van der Waals surface area (Å²) < 4.78 is 33.7. The minimum atomic E-state index is -3.97. The average Bonchev–Trinajstić information content (AvgIpc) is 3.44. The van der Waals surface area contributed by atoms with Crippen LogP contribution in [0, 0.1) is 0 Å². The molecule has 0 radical (unpaired) electrons. The van der Waals surface area contributed by atoms with Crippen molar-refractivity contribution in [3.05, 3.63) is 53.1 Å². The van der Waals surface area contributed by atoms with Crippen molar-refractivity contribution in [2.45, 2.75) is 62.3 Å². The fraction of sp³-hybridized carbons (Fsp3) is 0.481. The van der Waals surface area contributed by atoms with Crippen LogP contribution in [0.1, 0.15) is 50.5 Å². The maximum atomic E-state index is 13.6. The van der Waals surface area contributed by atoms with Gasteiger partial charge in [0.05, 0.1) is 30.0 Å². The molecule has 2 aliphatic rings. The highest BCUT2D eigenvalue weighted by Gasteiger charge is 2.34. The standard InChI is InChI=1S/C27H34ClN3O5S/c1-36-25-14-13-23(18-24(25)28)37(34,35)31(22-7-3-2-4-8-22)19-26(32)29-21-11-9-20(10-12-21)17-27(33)30-15-5-6-16-30/h9-14,18,22H,2-8,15-17,19H2,1H3,(H,29,32). The first-order chi connectivity index (χ1) is 17.8. The number of ether oxygens (including phenoxy) is 1. The molecule has 2 aromatic rings. The lowest BCUT2D eigenvalue weighted by molar-refractivity contribution is -0.129. The van der Waals surface area contributed by atoms with E-state index in [4.69, 9.17) is 16.3 Å². The first-order valence-corrected chi connectivity index (χ1v) is 14.6. The topological polar surface area (TPSA) is 96.0 Å². The van der Waals surface area contributed by atoms with Gasteiger partial charge in [0.15, 0.2) is 0 Å². The number of hydrogen-bond acceptors (Lipinski definition) is 5. The Labute approximate surface area is 224 Å². The van der Waals surface area contributed by atoms with Gasteiger partial charge in [0.25, 0.3) is 0 Å². The van der Waals surface area contributed by atoms with Crippen molar-refractivity contribution in [1.82, 2.24) is 9.21 Å². The highest BCUT2D eigenvalue weighted by Crippen LogP contribution is 2.32. The molecule has 1 saturated heterocycles. The predicted molar refractivity (Wildman–Crippen MR) is 143 cm³/mol. The van der Waals surface area contributed by atoms with E-state index in [1.807, 2.05) is 17.0 Å². The summed E-state index contributed by atoms with van der Waals surface area (Å²) >= 11 is 6.21. The molecule has 0 spiro atoms. The van der Waals surface area contributed by atoms with Gasteiger partial charge in [-0.05, 0) is 61.6 Å².